The van der Waals surface area contributed by atoms with E-state index in [2.05, 4.69) is 51.2 Å². The van der Waals surface area contributed by atoms with Crippen LogP contribution in [0.4, 0.5) is 0 Å². The van der Waals surface area contributed by atoms with E-state index in [0.29, 0.717) is 5.41 Å². The Morgan fingerprint density at radius 2 is 1.82 bits per heavy atom. The molecule has 0 spiro atoms. The predicted octanol–water partition coefficient (Wildman–Crippen LogP) is 3.87. The molecule has 0 aliphatic rings. The van der Waals surface area contributed by atoms with Crippen LogP contribution in [-0.2, 0) is 6.42 Å². The van der Waals surface area contributed by atoms with E-state index in [1.807, 2.05) is 7.05 Å². The highest BCUT2D eigenvalue weighted by atomic mass is 14.8. The van der Waals surface area contributed by atoms with Crippen LogP contribution in [0.1, 0.15) is 43.4 Å². The fraction of sp³-hybridized carbons (Fsp3) is 0.625. The minimum Gasteiger partial charge on any atom is -0.320 e. The van der Waals surface area contributed by atoms with Gasteiger partial charge in [-0.05, 0) is 63.2 Å². The summed E-state index contributed by atoms with van der Waals surface area (Å²) in [6.45, 7) is 10.2. The average Bonchev–Trinajstić information content (AvgIpc) is 2.25. The topological polar surface area (TPSA) is 12.0 Å². The van der Waals surface area contributed by atoms with Gasteiger partial charge in [0.2, 0.25) is 0 Å². The molecule has 1 aromatic rings. The lowest BCUT2D eigenvalue weighted by Gasteiger charge is -2.25. The first kappa shape index (κ1) is 14.2. The molecule has 1 nitrogen and oxygen atoms in total. The Kier molecular flexibility index (Phi) is 5.20. The first-order chi connectivity index (χ1) is 7.94. The molecule has 0 saturated carbocycles. The monoisotopic (exact) mass is 233 g/mol. The first-order valence-corrected chi connectivity index (χ1v) is 6.65. The predicted molar refractivity (Wildman–Crippen MR) is 76.6 cm³/mol. The molecule has 0 amide bonds. The second-order valence-electron chi connectivity index (χ2n) is 5.95. The van der Waals surface area contributed by atoms with Crippen LogP contribution >= 0.6 is 0 Å². The number of aryl methyl sites for hydroxylation is 3. The molecule has 0 radical (unpaired) electrons. The lowest BCUT2D eigenvalue weighted by molar-refractivity contribution is 0.305. The fourth-order valence-electron chi connectivity index (χ4n) is 2.19. The van der Waals surface area contributed by atoms with Crippen LogP contribution in [0.25, 0.3) is 0 Å². The number of nitrogens with one attached hydrogen (secondary N) is 1. The summed E-state index contributed by atoms with van der Waals surface area (Å²) in [6.07, 6.45) is 3.70. The lowest BCUT2D eigenvalue weighted by Crippen LogP contribution is -2.20. The SMILES string of the molecule is CNCCC(C)(C)CCc1ccc(C)cc1C. The molecule has 0 aliphatic carbocycles. The van der Waals surface area contributed by atoms with Crippen molar-refractivity contribution in [1.82, 2.24) is 5.32 Å². The van der Waals surface area contributed by atoms with Crippen molar-refractivity contribution in [3.8, 4) is 0 Å². The highest BCUT2D eigenvalue weighted by Gasteiger charge is 2.17. The van der Waals surface area contributed by atoms with Gasteiger partial charge in [0.1, 0.15) is 0 Å². The number of benzene rings is 1. The van der Waals surface area contributed by atoms with Crippen molar-refractivity contribution in [2.75, 3.05) is 13.6 Å². The molecule has 0 fully saturated rings. The van der Waals surface area contributed by atoms with Gasteiger partial charge in [-0.3, -0.25) is 0 Å². The average molecular weight is 233 g/mol. The van der Waals surface area contributed by atoms with Crippen molar-refractivity contribution >= 4 is 0 Å². The van der Waals surface area contributed by atoms with Gasteiger partial charge in [-0.2, -0.15) is 0 Å². The zero-order chi connectivity index (χ0) is 12.9. The van der Waals surface area contributed by atoms with Crippen molar-refractivity contribution in [2.45, 2.75) is 47.0 Å². The van der Waals surface area contributed by atoms with Crippen LogP contribution in [0.3, 0.4) is 0 Å². The Labute approximate surface area is 107 Å². The highest BCUT2D eigenvalue weighted by Crippen LogP contribution is 2.27. The molecule has 1 N–H and O–H groups in total. The van der Waals surface area contributed by atoms with E-state index in [9.17, 15) is 0 Å². The molecule has 0 bridgehead atoms. The standard InChI is InChI=1S/C16H27N/c1-13-6-7-15(14(2)12-13)8-9-16(3,4)10-11-17-5/h6-7,12,17H,8-11H2,1-5H3. The van der Waals surface area contributed by atoms with E-state index in [0.717, 1.165) is 6.54 Å². The summed E-state index contributed by atoms with van der Waals surface area (Å²) in [5.41, 5.74) is 4.74. The van der Waals surface area contributed by atoms with E-state index in [4.69, 9.17) is 0 Å². The van der Waals surface area contributed by atoms with Gasteiger partial charge in [-0.1, -0.05) is 37.6 Å². The van der Waals surface area contributed by atoms with Crippen LogP contribution in [0, 0.1) is 19.3 Å². The molecule has 1 rings (SSSR count). The lowest BCUT2D eigenvalue weighted by atomic mass is 9.82. The molecule has 1 aromatic carbocycles. The Hall–Kier alpha value is -0.820. The molecule has 1 heteroatoms. The molecular formula is C16H27N. The second kappa shape index (κ2) is 6.20. The summed E-state index contributed by atoms with van der Waals surface area (Å²) >= 11 is 0. The largest absolute Gasteiger partial charge is 0.320 e. The quantitative estimate of drug-likeness (QED) is 0.786. The molecule has 0 aliphatic heterocycles. The van der Waals surface area contributed by atoms with Crippen LogP contribution in [0.5, 0.6) is 0 Å². The maximum Gasteiger partial charge on any atom is -0.00468 e. The second-order valence-corrected chi connectivity index (χ2v) is 5.95. The van der Waals surface area contributed by atoms with Gasteiger partial charge < -0.3 is 5.32 Å². The van der Waals surface area contributed by atoms with Crippen LogP contribution < -0.4 is 5.32 Å². The third-order valence-corrected chi connectivity index (χ3v) is 3.62. The number of rotatable bonds is 6. The summed E-state index contributed by atoms with van der Waals surface area (Å²) < 4.78 is 0. The molecule has 96 valence electrons. The molecule has 0 unspecified atom stereocenters. The van der Waals surface area contributed by atoms with E-state index in [1.54, 1.807) is 0 Å². The van der Waals surface area contributed by atoms with Crippen molar-refractivity contribution in [2.24, 2.45) is 5.41 Å². The Bertz CT molecular complexity index is 353. The van der Waals surface area contributed by atoms with Crippen molar-refractivity contribution in [3.63, 3.8) is 0 Å². The van der Waals surface area contributed by atoms with Gasteiger partial charge in [0.15, 0.2) is 0 Å². The van der Waals surface area contributed by atoms with Crippen LogP contribution in [-0.4, -0.2) is 13.6 Å². The third-order valence-electron chi connectivity index (χ3n) is 3.62. The van der Waals surface area contributed by atoms with Gasteiger partial charge in [0.25, 0.3) is 0 Å². The molecule has 17 heavy (non-hydrogen) atoms. The molecule has 0 saturated heterocycles. The molecule has 0 aromatic heterocycles. The third kappa shape index (κ3) is 4.91. The summed E-state index contributed by atoms with van der Waals surface area (Å²) in [5.74, 6) is 0. The summed E-state index contributed by atoms with van der Waals surface area (Å²) in [6, 6.07) is 6.80. The maximum atomic E-state index is 3.24. The van der Waals surface area contributed by atoms with E-state index in [-0.39, 0.29) is 0 Å². The summed E-state index contributed by atoms with van der Waals surface area (Å²) in [4.78, 5) is 0. The van der Waals surface area contributed by atoms with E-state index < -0.39 is 0 Å². The molecular weight excluding hydrogens is 206 g/mol. The van der Waals surface area contributed by atoms with Gasteiger partial charge in [0.05, 0.1) is 0 Å². The highest BCUT2D eigenvalue weighted by molar-refractivity contribution is 5.30. The molecule has 0 heterocycles. The minimum atomic E-state index is 0.431. The Balaban J connectivity index is 2.54. The summed E-state index contributed by atoms with van der Waals surface area (Å²) in [5, 5.41) is 3.24. The van der Waals surface area contributed by atoms with Crippen molar-refractivity contribution in [3.05, 3.63) is 34.9 Å². The zero-order valence-corrected chi connectivity index (χ0v) is 12.1. The van der Waals surface area contributed by atoms with Crippen molar-refractivity contribution < 1.29 is 0 Å². The van der Waals surface area contributed by atoms with E-state index in [1.165, 1.54) is 36.0 Å². The maximum absolute atomic E-state index is 3.24. The van der Waals surface area contributed by atoms with Gasteiger partial charge >= 0.3 is 0 Å². The van der Waals surface area contributed by atoms with Crippen LogP contribution in [0.15, 0.2) is 18.2 Å². The van der Waals surface area contributed by atoms with Crippen molar-refractivity contribution in [1.29, 1.82) is 0 Å². The smallest absolute Gasteiger partial charge is 0.00468 e. The minimum absolute atomic E-state index is 0.431. The summed E-state index contributed by atoms with van der Waals surface area (Å²) in [7, 11) is 2.03. The van der Waals surface area contributed by atoms with Gasteiger partial charge in [-0.25, -0.2) is 0 Å². The number of hydrogen-bond acceptors (Lipinski definition) is 1. The Morgan fingerprint density at radius 3 is 2.41 bits per heavy atom. The van der Waals surface area contributed by atoms with Gasteiger partial charge in [0, 0.05) is 0 Å². The normalized spacial score (nSPS) is 11.8. The van der Waals surface area contributed by atoms with Crippen LogP contribution in [0.2, 0.25) is 0 Å². The Morgan fingerprint density at radius 1 is 1.12 bits per heavy atom. The number of hydrogen-bond donors (Lipinski definition) is 1. The zero-order valence-electron chi connectivity index (χ0n) is 12.1. The van der Waals surface area contributed by atoms with Gasteiger partial charge in [-0.15, -0.1) is 0 Å². The first-order valence-electron chi connectivity index (χ1n) is 6.65. The molecule has 0 atom stereocenters. The fourth-order valence-corrected chi connectivity index (χ4v) is 2.19. The van der Waals surface area contributed by atoms with E-state index >= 15 is 0 Å².